The van der Waals surface area contributed by atoms with Gasteiger partial charge in [-0.3, -0.25) is 0 Å². The number of halogens is 2. The lowest BCUT2D eigenvalue weighted by molar-refractivity contribution is -0.139. The lowest BCUT2D eigenvalue weighted by Gasteiger charge is -2.22. The number of rotatable bonds is 5. The second-order valence-electron chi connectivity index (χ2n) is 7.07. The van der Waals surface area contributed by atoms with Crippen molar-refractivity contribution in [3.05, 3.63) is 59.7 Å². The van der Waals surface area contributed by atoms with Crippen molar-refractivity contribution in [2.24, 2.45) is 0 Å². The van der Waals surface area contributed by atoms with Crippen molar-refractivity contribution >= 4 is 12.1 Å². The minimum Gasteiger partial charge on any atom is -0.480 e. The number of carbonyl (C=O) groups excluding carboxylic acids is 1. The molecule has 7 heteroatoms. The molecule has 0 fully saturated rings. The van der Waals surface area contributed by atoms with E-state index in [0.717, 1.165) is 12.1 Å². The lowest BCUT2D eigenvalue weighted by atomic mass is 9.99. The van der Waals surface area contributed by atoms with Crippen LogP contribution in [0.15, 0.2) is 42.5 Å². The van der Waals surface area contributed by atoms with Crippen LogP contribution in [-0.2, 0) is 16.0 Å². The van der Waals surface area contributed by atoms with Gasteiger partial charge in [0.2, 0.25) is 0 Å². The first-order valence-corrected chi connectivity index (χ1v) is 8.32. The molecule has 0 aromatic heterocycles. The molecule has 5 nitrogen and oxygen atoms in total. The van der Waals surface area contributed by atoms with Crippen LogP contribution in [0.2, 0.25) is 0 Å². The quantitative estimate of drug-likeness (QED) is 0.821. The molecular formula is C20H21F2NO4. The van der Waals surface area contributed by atoms with E-state index in [-0.39, 0.29) is 12.0 Å². The maximum atomic E-state index is 14.0. The van der Waals surface area contributed by atoms with Crippen LogP contribution < -0.4 is 5.32 Å². The molecule has 0 aliphatic heterocycles. The Hall–Kier alpha value is -2.96. The summed E-state index contributed by atoms with van der Waals surface area (Å²) in [5.41, 5.74) is 0.490. The molecule has 1 amide bonds. The average Bonchev–Trinajstić information content (AvgIpc) is 2.52. The highest BCUT2D eigenvalue weighted by Gasteiger charge is 2.24. The van der Waals surface area contributed by atoms with E-state index in [1.807, 2.05) is 0 Å². The van der Waals surface area contributed by atoms with E-state index >= 15 is 0 Å². The fourth-order valence-electron chi connectivity index (χ4n) is 2.48. The number of carbonyl (C=O) groups is 2. The van der Waals surface area contributed by atoms with Gasteiger partial charge in [-0.2, -0.15) is 0 Å². The van der Waals surface area contributed by atoms with Gasteiger partial charge >= 0.3 is 12.1 Å². The number of nitrogens with one attached hydrogen (secondary N) is 1. The number of carboxylic acids is 1. The molecule has 2 rings (SSSR count). The molecule has 0 radical (unpaired) electrons. The van der Waals surface area contributed by atoms with Crippen LogP contribution in [0.5, 0.6) is 0 Å². The van der Waals surface area contributed by atoms with Crippen molar-refractivity contribution in [3.63, 3.8) is 0 Å². The summed E-state index contributed by atoms with van der Waals surface area (Å²) in [6, 6.07) is 8.57. The van der Waals surface area contributed by atoms with Gasteiger partial charge < -0.3 is 15.2 Å². The third kappa shape index (κ3) is 6.06. The van der Waals surface area contributed by atoms with Crippen LogP contribution in [0, 0.1) is 11.6 Å². The molecule has 0 saturated carbocycles. The first kappa shape index (κ1) is 20.4. The van der Waals surface area contributed by atoms with Crippen LogP contribution in [0.1, 0.15) is 26.3 Å². The number of benzene rings is 2. The zero-order chi connectivity index (χ0) is 20.2. The van der Waals surface area contributed by atoms with Crippen molar-refractivity contribution in [1.82, 2.24) is 5.32 Å². The topological polar surface area (TPSA) is 75.6 Å². The van der Waals surface area contributed by atoms with Crippen molar-refractivity contribution in [2.75, 3.05) is 0 Å². The Balaban J connectivity index is 2.19. The van der Waals surface area contributed by atoms with Gasteiger partial charge in [-0.1, -0.05) is 24.3 Å². The summed E-state index contributed by atoms with van der Waals surface area (Å²) >= 11 is 0. The van der Waals surface area contributed by atoms with Crippen LogP contribution in [0.25, 0.3) is 11.1 Å². The second kappa shape index (κ2) is 8.16. The second-order valence-corrected chi connectivity index (χ2v) is 7.07. The third-order valence-electron chi connectivity index (χ3n) is 3.60. The van der Waals surface area contributed by atoms with Crippen molar-refractivity contribution in [3.8, 4) is 11.1 Å². The summed E-state index contributed by atoms with van der Waals surface area (Å²) in [6.45, 7) is 5.01. The summed E-state index contributed by atoms with van der Waals surface area (Å²) in [7, 11) is 0. The molecule has 2 aromatic carbocycles. The van der Waals surface area contributed by atoms with Gasteiger partial charge in [0.1, 0.15) is 23.3 Å². The van der Waals surface area contributed by atoms with E-state index in [2.05, 4.69) is 5.32 Å². The monoisotopic (exact) mass is 377 g/mol. The maximum Gasteiger partial charge on any atom is 0.408 e. The number of aliphatic carboxylic acids is 1. The molecule has 0 heterocycles. The summed E-state index contributed by atoms with van der Waals surface area (Å²) in [6.07, 6.45) is -0.860. The number of carboxylic acid groups (broad SMARTS) is 1. The Morgan fingerprint density at radius 3 is 2.44 bits per heavy atom. The molecule has 0 saturated heterocycles. The first-order chi connectivity index (χ1) is 12.5. The van der Waals surface area contributed by atoms with Crippen molar-refractivity contribution < 1.29 is 28.2 Å². The molecule has 0 aliphatic carbocycles. The Morgan fingerprint density at radius 1 is 1.15 bits per heavy atom. The SMILES string of the molecule is CC(C)(C)OC(=O)NC(Cc1cccc(-c2ccc(F)cc2F)c1)C(=O)O. The fourth-order valence-corrected chi connectivity index (χ4v) is 2.48. The van der Waals surface area contributed by atoms with Crippen LogP contribution >= 0.6 is 0 Å². The molecule has 2 N–H and O–H groups in total. The number of ether oxygens (including phenoxy) is 1. The maximum absolute atomic E-state index is 14.0. The van der Waals surface area contributed by atoms with Crippen molar-refractivity contribution in [2.45, 2.75) is 38.8 Å². The van der Waals surface area contributed by atoms with Gasteiger partial charge in [-0.05, 0) is 44.0 Å². The average molecular weight is 377 g/mol. The highest BCUT2D eigenvalue weighted by atomic mass is 19.1. The minimum absolute atomic E-state index is 0.0226. The van der Waals surface area contributed by atoms with E-state index in [1.165, 1.54) is 6.07 Å². The van der Waals surface area contributed by atoms with Crippen LogP contribution in [-0.4, -0.2) is 28.8 Å². The zero-order valence-corrected chi connectivity index (χ0v) is 15.3. The zero-order valence-electron chi connectivity index (χ0n) is 15.3. The van der Waals surface area contributed by atoms with Gasteiger partial charge in [-0.25, -0.2) is 18.4 Å². The molecule has 144 valence electrons. The predicted molar refractivity (Wildman–Crippen MR) is 96.3 cm³/mol. The largest absolute Gasteiger partial charge is 0.480 e. The van der Waals surface area contributed by atoms with Gasteiger partial charge in [0.05, 0.1) is 0 Å². The summed E-state index contributed by atoms with van der Waals surface area (Å²) < 4.78 is 32.1. The van der Waals surface area contributed by atoms with E-state index in [4.69, 9.17) is 4.74 Å². The highest BCUT2D eigenvalue weighted by molar-refractivity contribution is 5.80. The number of hydrogen-bond donors (Lipinski definition) is 2. The Kier molecular flexibility index (Phi) is 6.15. The van der Waals surface area contributed by atoms with Gasteiger partial charge in [0.15, 0.2) is 0 Å². The normalized spacial score (nSPS) is 12.3. The fraction of sp³-hybridized carbons (Fsp3) is 0.300. The summed E-state index contributed by atoms with van der Waals surface area (Å²) in [4.78, 5) is 23.3. The van der Waals surface area contributed by atoms with Gasteiger partial charge in [-0.15, -0.1) is 0 Å². The minimum atomic E-state index is -1.22. The number of amides is 1. The van der Waals surface area contributed by atoms with E-state index < -0.39 is 35.3 Å². The van der Waals surface area contributed by atoms with Gasteiger partial charge in [0.25, 0.3) is 0 Å². The Bertz CT molecular complexity index is 846. The molecular weight excluding hydrogens is 356 g/mol. The highest BCUT2D eigenvalue weighted by Crippen LogP contribution is 2.24. The van der Waals surface area contributed by atoms with E-state index in [9.17, 15) is 23.5 Å². The molecule has 0 bridgehead atoms. The van der Waals surface area contributed by atoms with Crippen LogP contribution in [0.3, 0.4) is 0 Å². The molecule has 27 heavy (non-hydrogen) atoms. The Morgan fingerprint density at radius 2 is 1.85 bits per heavy atom. The molecule has 0 spiro atoms. The Labute approximate surface area is 156 Å². The molecule has 0 aliphatic rings. The predicted octanol–water partition coefficient (Wildman–Crippen LogP) is 4.15. The molecule has 1 unspecified atom stereocenters. The smallest absolute Gasteiger partial charge is 0.408 e. The van der Waals surface area contributed by atoms with Crippen LogP contribution in [0.4, 0.5) is 13.6 Å². The van der Waals surface area contributed by atoms with E-state index in [0.29, 0.717) is 11.1 Å². The standard InChI is InChI=1S/C20H21F2NO4/c1-20(2,3)27-19(26)23-17(18(24)25)10-12-5-4-6-13(9-12)15-8-7-14(21)11-16(15)22/h4-9,11,17H,10H2,1-3H3,(H,23,26)(H,24,25). The lowest BCUT2D eigenvalue weighted by Crippen LogP contribution is -2.44. The number of hydrogen-bond acceptors (Lipinski definition) is 3. The van der Waals surface area contributed by atoms with Gasteiger partial charge in [0, 0.05) is 18.1 Å². The first-order valence-electron chi connectivity index (χ1n) is 8.32. The van der Waals surface area contributed by atoms with Crippen molar-refractivity contribution in [1.29, 1.82) is 0 Å². The molecule has 1 atom stereocenters. The number of alkyl carbamates (subject to hydrolysis) is 1. The summed E-state index contributed by atoms with van der Waals surface area (Å²) in [5.74, 6) is -2.62. The molecule has 2 aromatic rings. The summed E-state index contributed by atoms with van der Waals surface area (Å²) in [5, 5.41) is 11.7. The third-order valence-corrected chi connectivity index (χ3v) is 3.60. The van der Waals surface area contributed by atoms with E-state index in [1.54, 1.807) is 45.0 Å².